The van der Waals surface area contributed by atoms with Crippen LogP contribution >= 0.6 is 0 Å². The summed E-state index contributed by atoms with van der Waals surface area (Å²) in [6.07, 6.45) is 1.77. The van der Waals surface area contributed by atoms with Gasteiger partial charge < -0.3 is 14.5 Å². The molecule has 3 rings (SSSR count). The van der Waals surface area contributed by atoms with Gasteiger partial charge in [-0.3, -0.25) is 14.4 Å². The first-order chi connectivity index (χ1) is 13.4. The minimum absolute atomic E-state index is 0.0189. The van der Waals surface area contributed by atoms with Gasteiger partial charge in [0.15, 0.2) is 0 Å². The molecule has 6 heteroatoms. The van der Waals surface area contributed by atoms with Crippen molar-refractivity contribution in [2.45, 2.75) is 46.0 Å². The molecule has 2 aliphatic heterocycles. The molecule has 6 nitrogen and oxygen atoms in total. The Labute approximate surface area is 166 Å². The lowest BCUT2D eigenvalue weighted by Gasteiger charge is -2.33. The van der Waals surface area contributed by atoms with Crippen molar-refractivity contribution in [1.82, 2.24) is 4.90 Å². The zero-order chi connectivity index (χ0) is 20.3. The van der Waals surface area contributed by atoms with Crippen LogP contribution in [0.4, 0.5) is 5.69 Å². The van der Waals surface area contributed by atoms with E-state index in [0.29, 0.717) is 32.2 Å². The molecule has 0 unspecified atom stereocenters. The monoisotopic (exact) mass is 386 g/mol. The summed E-state index contributed by atoms with van der Waals surface area (Å²) >= 11 is 0. The van der Waals surface area contributed by atoms with Gasteiger partial charge in [-0.25, -0.2) is 0 Å². The van der Waals surface area contributed by atoms with Crippen LogP contribution in [0.25, 0.3) is 0 Å². The molecule has 2 fully saturated rings. The Bertz CT molecular complexity index is 729. The SMILES string of the molecule is CCOC(=O)[C@H]1CCCN(C(=O)[C@H]2CC(=O)N(c3ccc(C(C)C)cc3)C2)C1. The van der Waals surface area contributed by atoms with Crippen molar-refractivity contribution in [2.24, 2.45) is 11.8 Å². The van der Waals surface area contributed by atoms with Crippen molar-refractivity contribution >= 4 is 23.5 Å². The average Bonchev–Trinajstić information content (AvgIpc) is 3.09. The highest BCUT2D eigenvalue weighted by Crippen LogP contribution is 2.29. The Morgan fingerprint density at radius 2 is 1.86 bits per heavy atom. The van der Waals surface area contributed by atoms with Gasteiger partial charge in [0.05, 0.1) is 18.4 Å². The summed E-state index contributed by atoms with van der Waals surface area (Å²) in [7, 11) is 0. The van der Waals surface area contributed by atoms with Crippen LogP contribution in [0.3, 0.4) is 0 Å². The molecule has 0 bridgehead atoms. The highest BCUT2D eigenvalue weighted by molar-refractivity contribution is 6.00. The van der Waals surface area contributed by atoms with E-state index in [-0.39, 0.29) is 36.0 Å². The highest BCUT2D eigenvalue weighted by Gasteiger charge is 2.39. The van der Waals surface area contributed by atoms with Gasteiger partial charge in [-0.1, -0.05) is 26.0 Å². The topological polar surface area (TPSA) is 66.9 Å². The van der Waals surface area contributed by atoms with Crippen LogP contribution in [0.1, 0.15) is 51.5 Å². The maximum absolute atomic E-state index is 13.0. The van der Waals surface area contributed by atoms with E-state index in [0.717, 1.165) is 18.5 Å². The number of amides is 2. The van der Waals surface area contributed by atoms with Crippen molar-refractivity contribution in [1.29, 1.82) is 0 Å². The summed E-state index contributed by atoms with van der Waals surface area (Å²) in [5.41, 5.74) is 2.06. The normalized spacial score (nSPS) is 22.6. The van der Waals surface area contributed by atoms with Gasteiger partial charge >= 0.3 is 5.97 Å². The van der Waals surface area contributed by atoms with E-state index in [9.17, 15) is 14.4 Å². The lowest BCUT2D eigenvalue weighted by Crippen LogP contribution is -2.45. The Kier molecular flexibility index (Phi) is 6.37. The molecule has 0 aromatic heterocycles. The zero-order valence-corrected chi connectivity index (χ0v) is 17.0. The van der Waals surface area contributed by atoms with E-state index in [1.165, 1.54) is 5.56 Å². The maximum Gasteiger partial charge on any atom is 0.310 e. The lowest BCUT2D eigenvalue weighted by molar-refractivity contribution is -0.152. The smallest absolute Gasteiger partial charge is 0.310 e. The number of anilines is 1. The summed E-state index contributed by atoms with van der Waals surface area (Å²) in [6.45, 7) is 7.84. The third-order valence-corrected chi connectivity index (χ3v) is 5.70. The molecule has 0 radical (unpaired) electrons. The van der Waals surface area contributed by atoms with Gasteiger partial charge in [-0.05, 0) is 43.4 Å². The summed E-state index contributed by atoms with van der Waals surface area (Å²) in [6, 6.07) is 7.99. The van der Waals surface area contributed by atoms with Crippen LogP contribution in [0.15, 0.2) is 24.3 Å². The molecule has 0 aliphatic carbocycles. The second kappa shape index (κ2) is 8.76. The van der Waals surface area contributed by atoms with Gasteiger partial charge in [0.2, 0.25) is 11.8 Å². The molecule has 28 heavy (non-hydrogen) atoms. The van der Waals surface area contributed by atoms with Crippen LogP contribution in [0.5, 0.6) is 0 Å². The molecule has 0 spiro atoms. The van der Waals surface area contributed by atoms with Gasteiger partial charge in [-0.15, -0.1) is 0 Å². The molecule has 0 saturated carbocycles. The number of rotatable bonds is 5. The maximum atomic E-state index is 13.0. The zero-order valence-electron chi connectivity index (χ0n) is 17.0. The van der Waals surface area contributed by atoms with Gasteiger partial charge in [-0.2, -0.15) is 0 Å². The largest absolute Gasteiger partial charge is 0.466 e. The van der Waals surface area contributed by atoms with Gasteiger partial charge in [0.25, 0.3) is 0 Å². The van der Waals surface area contributed by atoms with Gasteiger partial charge in [0, 0.05) is 31.7 Å². The van der Waals surface area contributed by atoms with Crippen LogP contribution < -0.4 is 4.90 Å². The molecule has 2 atom stereocenters. The highest BCUT2D eigenvalue weighted by atomic mass is 16.5. The summed E-state index contributed by atoms with van der Waals surface area (Å²) in [5, 5.41) is 0. The Hall–Kier alpha value is -2.37. The Balaban J connectivity index is 1.64. The third-order valence-electron chi connectivity index (χ3n) is 5.70. The number of benzene rings is 1. The molecule has 1 aromatic carbocycles. The lowest BCUT2D eigenvalue weighted by atomic mass is 9.96. The molecule has 2 saturated heterocycles. The van der Waals surface area contributed by atoms with E-state index in [1.54, 1.807) is 16.7 Å². The summed E-state index contributed by atoms with van der Waals surface area (Å²) in [4.78, 5) is 41.0. The van der Waals surface area contributed by atoms with E-state index in [1.807, 2.05) is 24.3 Å². The first kappa shape index (κ1) is 20.4. The van der Waals surface area contributed by atoms with E-state index < -0.39 is 0 Å². The van der Waals surface area contributed by atoms with Gasteiger partial charge in [0.1, 0.15) is 0 Å². The number of hydrogen-bond donors (Lipinski definition) is 0. The summed E-state index contributed by atoms with van der Waals surface area (Å²) in [5.74, 6) is -0.440. The third kappa shape index (κ3) is 4.37. The van der Waals surface area contributed by atoms with Crippen molar-refractivity contribution in [3.63, 3.8) is 0 Å². The number of esters is 1. The molecule has 2 heterocycles. The number of nitrogens with zero attached hydrogens (tertiary/aromatic N) is 2. The molecular formula is C22H30N2O4. The fourth-order valence-electron chi connectivity index (χ4n) is 4.05. The van der Waals surface area contributed by atoms with Crippen molar-refractivity contribution in [3.05, 3.63) is 29.8 Å². The minimum atomic E-state index is -0.349. The Morgan fingerprint density at radius 1 is 1.14 bits per heavy atom. The van der Waals surface area contributed by atoms with Crippen LogP contribution in [-0.2, 0) is 19.1 Å². The van der Waals surface area contributed by atoms with Crippen molar-refractivity contribution in [3.8, 4) is 0 Å². The molecule has 2 aliphatic rings. The second-order valence-corrected chi connectivity index (χ2v) is 8.03. The molecule has 1 aromatic rings. The molecular weight excluding hydrogens is 356 g/mol. The number of carbonyl (C=O) groups is 3. The molecule has 0 N–H and O–H groups in total. The fourth-order valence-corrected chi connectivity index (χ4v) is 4.05. The van der Waals surface area contributed by atoms with Crippen molar-refractivity contribution in [2.75, 3.05) is 31.1 Å². The summed E-state index contributed by atoms with van der Waals surface area (Å²) < 4.78 is 5.11. The number of piperidine rings is 1. The first-order valence-corrected chi connectivity index (χ1v) is 10.3. The number of hydrogen-bond acceptors (Lipinski definition) is 4. The van der Waals surface area contributed by atoms with Crippen LogP contribution in [0.2, 0.25) is 0 Å². The van der Waals surface area contributed by atoms with Crippen molar-refractivity contribution < 1.29 is 19.1 Å². The van der Waals surface area contributed by atoms with E-state index in [2.05, 4.69) is 13.8 Å². The average molecular weight is 386 g/mol. The van der Waals surface area contributed by atoms with E-state index in [4.69, 9.17) is 4.74 Å². The number of likely N-dealkylation sites (tertiary alicyclic amines) is 1. The number of carbonyl (C=O) groups excluding carboxylic acids is 3. The van der Waals surface area contributed by atoms with Crippen LogP contribution in [-0.4, -0.2) is 48.9 Å². The fraction of sp³-hybridized carbons (Fsp3) is 0.591. The standard InChI is InChI=1S/C22H30N2O4/c1-4-28-22(27)17-6-5-11-23(13-17)21(26)18-12-20(25)24(14-18)19-9-7-16(8-10-19)15(2)3/h7-10,15,17-18H,4-6,11-14H2,1-3H3/t17-,18-/m0/s1. The number of ether oxygens (including phenoxy) is 1. The first-order valence-electron chi connectivity index (χ1n) is 10.3. The van der Waals surface area contributed by atoms with Crippen LogP contribution in [0, 0.1) is 11.8 Å². The predicted octanol–water partition coefficient (Wildman–Crippen LogP) is 2.96. The Morgan fingerprint density at radius 3 is 2.50 bits per heavy atom. The molecule has 2 amide bonds. The predicted molar refractivity (Wildman–Crippen MR) is 107 cm³/mol. The molecule has 152 valence electrons. The second-order valence-electron chi connectivity index (χ2n) is 8.03. The quantitative estimate of drug-likeness (QED) is 0.730. The van der Waals surface area contributed by atoms with E-state index >= 15 is 0 Å². The minimum Gasteiger partial charge on any atom is -0.466 e.